The lowest BCUT2D eigenvalue weighted by Crippen LogP contribution is -2.33. The van der Waals surface area contributed by atoms with Crippen molar-refractivity contribution in [2.45, 2.75) is 19.9 Å². The van der Waals surface area contributed by atoms with Crippen molar-refractivity contribution in [1.82, 2.24) is 5.32 Å². The zero-order valence-corrected chi connectivity index (χ0v) is 11.1. The van der Waals surface area contributed by atoms with Gasteiger partial charge in [0, 0.05) is 17.8 Å². The number of methoxy groups -OCH3 is 1. The first-order valence-corrected chi connectivity index (χ1v) is 5.72. The molecule has 0 saturated heterocycles. The number of benzene rings is 1. The summed E-state index contributed by atoms with van der Waals surface area (Å²) in [7, 11) is 1.58. The van der Waals surface area contributed by atoms with Gasteiger partial charge in [-0.3, -0.25) is 0 Å². The molecular weight excluding hydrogens is 244 g/mol. The summed E-state index contributed by atoms with van der Waals surface area (Å²) in [4.78, 5) is 0. The molecular formula is C11H15ClN2OS. The molecule has 0 unspecified atom stereocenters. The lowest BCUT2D eigenvalue weighted by Gasteiger charge is -2.14. The van der Waals surface area contributed by atoms with E-state index in [1.165, 1.54) is 0 Å². The summed E-state index contributed by atoms with van der Waals surface area (Å²) >= 11 is 11.0. The highest BCUT2D eigenvalue weighted by Gasteiger charge is 2.03. The Morgan fingerprint density at radius 1 is 1.44 bits per heavy atom. The Hall–Kier alpha value is -1.00. The number of nitrogens with one attached hydrogen (secondary N) is 2. The number of halogens is 1. The fraction of sp³-hybridized carbons (Fsp3) is 0.364. The number of hydrogen-bond donors (Lipinski definition) is 2. The average molecular weight is 259 g/mol. The molecule has 1 aromatic rings. The first-order chi connectivity index (χ1) is 7.52. The normalized spacial score (nSPS) is 10.1. The van der Waals surface area contributed by atoms with Gasteiger partial charge in [-0.25, -0.2) is 0 Å². The molecule has 0 aliphatic carbocycles. The van der Waals surface area contributed by atoms with E-state index in [9.17, 15) is 0 Å². The second-order valence-electron chi connectivity index (χ2n) is 3.60. The van der Waals surface area contributed by atoms with Crippen molar-refractivity contribution >= 4 is 34.6 Å². The van der Waals surface area contributed by atoms with Crippen LogP contribution in [0.5, 0.6) is 5.75 Å². The molecule has 0 atom stereocenters. The van der Waals surface area contributed by atoms with Crippen LogP contribution in [-0.2, 0) is 0 Å². The van der Waals surface area contributed by atoms with E-state index in [0.717, 1.165) is 5.69 Å². The second-order valence-corrected chi connectivity index (χ2v) is 4.42. The van der Waals surface area contributed by atoms with Gasteiger partial charge in [0.05, 0.1) is 12.1 Å². The Labute approximate surface area is 106 Å². The third-order valence-electron chi connectivity index (χ3n) is 1.83. The van der Waals surface area contributed by atoms with Crippen molar-refractivity contribution in [2.75, 3.05) is 12.4 Å². The monoisotopic (exact) mass is 258 g/mol. The fourth-order valence-corrected chi connectivity index (χ4v) is 1.72. The summed E-state index contributed by atoms with van der Waals surface area (Å²) in [6.07, 6.45) is 0. The van der Waals surface area contributed by atoms with Gasteiger partial charge in [0.15, 0.2) is 5.11 Å². The summed E-state index contributed by atoms with van der Waals surface area (Å²) < 4.78 is 5.11. The highest BCUT2D eigenvalue weighted by atomic mass is 35.5. The fourth-order valence-electron chi connectivity index (χ4n) is 1.17. The topological polar surface area (TPSA) is 33.3 Å². The van der Waals surface area contributed by atoms with Crippen LogP contribution in [0.15, 0.2) is 18.2 Å². The van der Waals surface area contributed by atoms with Crippen LogP contribution in [-0.4, -0.2) is 18.3 Å². The minimum absolute atomic E-state index is 0.300. The van der Waals surface area contributed by atoms with E-state index in [2.05, 4.69) is 10.6 Å². The Bertz CT molecular complexity index is 382. The number of anilines is 1. The first kappa shape index (κ1) is 13.1. The lowest BCUT2D eigenvalue weighted by molar-refractivity contribution is 0.415. The molecule has 0 spiro atoms. The van der Waals surface area contributed by atoms with Gasteiger partial charge in [-0.15, -0.1) is 0 Å². The largest absolute Gasteiger partial charge is 0.495 e. The quantitative estimate of drug-likeness (QED) is 0.817. The van der Waals surface area contributed by atoms with E-state index in [1.807, 2.05) is 19.9 Å². The highest BCUT2D eigenvalue weighted by Crippen LogP contribution is 2.27. The van der Waals surface area contributed by atoms with Crippen molar-refractivity contribution in [1.29, 1.82) is 0 Å². The van der Waals surface area contributed by atoms with Crippen LogP contribution in [0.3, 0.4) is 0 Å². The molecule has 0 radical (unpaired) electrons. The maximum absolute atomic E-state index is 5.92. The van der Waals surface area contributed by atoms with Crippen LogP contribution in [0.25, 0.3) is 0 Å². The van der Waals surface area contributed by atoms with Crippen molar-refractivity contribution in [3.63, 3.8) is 0 Å². The Kier molecular flexibility index (Phi) is 4.83. The molecule has 0 aliphatic rings. The number of hydrogen-bond acceptors (Lipinski definition) is 2. The minimum Gasteiger partial charge on any atom is -0.495 e. The van der Waals surface area contributed by atoms with Gasteiger partial charge in [0.1, 0.15) is 5.75 Å². The van der Waals surface area contributed by atoms with Gasteiger partial charge >= 0.3 is 0 Å². The molecule has 1 aromatic carbocycles. The van der Waals surface area contributed by atoms with E-state index < -0.39 is 0 Å². The molecule has 0 bridgehead atoms. The molecule has 0 fully saturated rings. The van der Waals surface area contributed by atoms with Gasteiger partial charge in [0.25, 0.3) is 0 Å². The van der Waals surface area contributed by atoms with E-state index in [1.54, 1.807) is 19.2 Å². The summed E-state index contributed by atoms with van der Waals surface area (Å²) in [5, 5.41) is 7.31. The van der Waals surface area contributed by atoms with E-state index in [-0.39, 0.29) is 0 Å². The van der Waals surface area contributed by atoms with Crippen LogP contribution in [0.4, 0.5) is 5.69 Å². The minimum atomic E-state index is 0.300. The van der Waals surface area contributed by atoms with E-state index in [0.29, 0.717) is 21.9 Å². The molecule has 0 aromatic heterocycles. The maximum Gasteiger partial charge on any atom is 0.170 e. The Morgan fingerprint density at radius 3 is 2.69 bits per heavy atom. The molecule has 0 saturated carbocycles. The second kappa shape index (κ2) is 5.92. The first-order valence-electron chi connectivity index (χ1n) is 4.94. The summed E-state index contributed by atoms with van der Waals surface area (Å²) in [6, 6.07) is 5.71. The molecule has 5 heteroatoms. The average Bonchev–Trinajstić information content (AvgIpc) is 2.19. The standard InChI is InChI=1S/C11H15ClN2OS/c1-7(2)13-11(16)14-8-4-5-9(12)10(6-8)15-3/h4-7H,1-3H3,(H2,13,14,16). The third-order valence-corrected chi connectivity index (χ3v) is 2.36. The molecule has 2 N–H and O–H groups in total. The molecule has 88 valence electrons. The smallest absolute Gasteiger partial charge is 0.170 e. The Morgan fingerprint density at radius 2 is 2.12 bits per heavy atom. The van der Waals surface area contributed by atoms with Gasteiger partial charge < -0.3 is 15.4 Å². The number of thiocarbonyl (C=S) groups is 1. The van der Waals surface area contributed by atoms with Gasteiger partial charge in [-0.2, -0.15) is 0 Å². The van der Waals surface area contributed by atoms with Crippen molar-refractivity contribution < 1.29 is 4.74 Å². The van der Waals surface area contributed by atoms with Crippen molar-refractivity contribution in [3.8, 4) is 5.75 Å². The van der Waals surface area contributed by atoms with Crippen LogP contribution in [0.2, 0.25) is 5.02 Å². The highest BCUT2D eigenvalue weighted by molar-refractivity contribution is 7.80. The zero-order valence-electron chi connectivity index (χ0n) is 9.50. The van der Waals surface area contributed by atoms with Crippen LogP contribution in [0, 0.1) is 0 Å². The van der Waals surface area contributed by atoms with Crippen molar-refractivity contribution in [2.24, 2.45) is 0 Å². The molecule has 0 aliphatic heterocycles. The van der Waals surface area contributed by atoms with Crippen molar-refractivity contribution in [3.05, 3.63) is 23.2 Å². The predicted octanol–water partition coefficient (Wildman–Crippen LogP) is 3.04. The third kappa shape index (κ3) is 3.87. The maximum atomic E-state index is 5.92. The van der Waals surface area contributed by atoms with Crippen LogP contribution < -0.4 is 15.4 Å². The number of rotatable bonds is 3. The summed E-state index contributed by atoms with van der Waals surface area (Å²) in [5.74, 6) is 0.624. The van der Waals surface area contributed by atoms with Crippen LogP contribution >= 0.6 is 23.8 Å². The molecule has 16 heavy (non-hydrogen) atoms. The van der Waals surface area contributed by atoms with Gasteiger partial charge in [0.2, 0.25) is 0 Å². The van der Waals surface area contributed by atoms with E-state index in [4.69, 9.17) is 28.6 Å². The number of ether oxygens (including phenoxy) is 1. The predicted molar refractivity (Wildman–Crippen MR) is 72.5 cm³/mol. The summed E-state index contributed by atoms with van der Waals surface area (Å²) in [5.41, 5.74) is 0.847. The lowest BCUT2D eigenvalue weighted by atomic mass is 10.3. The van der Waals surface area contributed by atoms with E-state index >= 15 is 0 Å². The van der Waals surface area contributed by atoms with Crippen LogP contribution in [0.1, 0.15) is 13.8 Å². The molecule has 0 amide bonds. The SMILES string of the molecule is COc1cc(NC(=S)NC(C)C)ccc1Cl. The zero-order chi connectivity index (χ0) is 12.1. The van der Waals surface area contributed by atoms with Gasteiger partial charge in [-0.1, -0.05) is 11.6 Å². The molecule has 3 nitrogen and oxygen atoms in total. The Balaban J connectivity index is 2.71. The van der Waals surface area contributed by atoms with Gasteiger partial charge in [-0.05, 0) is 38.2 Å². The summed E-state index contributed by atoms with van der Waals surface area (Å²) in [6.45, 7) is 4.05. The molecule has 1 rings (SSSR count). The molecule has 0 heterocycles.